The summed E-state index contributed by atoms with van der Waals surface area (Å²) in [4.78, 5) is 23.2. The summed E-state index contributed by atoms with van der Waals surface area (Å²) < 4.78 is 10.4. The smallest absolute Gasteiger partial charge is 0.305 e. The largest absolute Gasteiger partial charge is 0.493 e. The van der Waals surface area contributed by atoms with Crippen LogP contribution in [0.1, 0.15) is 31.4 Å². The average Bonchev–Trinajstić information content (AvgIpc) is 3.22. The second-order valence-corrected chi connectivity index (χ2v) is 5.59. The average molecular weight is 307 g/mol. The van der Waals surface area contributed by atoms with Gasteiger partial charge in [-0.1, -0.05) is 13.0 Å². The lowest BCUT2D eigenvalue weighted by Crippen LogP contribution is -2.31. The SMILES string of the molecule is COc1ccc([C@H](CC(=O)O)NC(=O)[C@H]2C[C@H]2C)cc1OC. The van der Waals surface area contributed by atoms with Gasteiger partial charge in [0, 0.05) is 5.92 Å². The van der Waals surface area contributed by atoms with Crippen molar-refractivity contribution in [1.82, 2.24) is 5.32 Å². The minimum absolute atomic E-state index is 0.00330. The van der Waals surface area contributed by atoms with Crippen molar-refractivity contribution >= 4 is 11.9 Å². The molecule has 0 aliphatic heterocycles. The number of nitrogens with one attached hydrogen (secondary N) is 1. The van der Waals surface area contributed by atoms with E-state index in [0.717, 1.165) is 6.42 Å². The third-order valence-corrected chi connectivity index (χ3v) is 3.95. The molecule has 0 unspecified atom stereocenters. The van der Waals surface area contributed by atoms with Gasteiger partial charge in [-0.05, 0) is 30.0 Å². The number of aliphatic carboxylic acids is 1. The molecule has 1 aliphatic rings. The summed E-state index contributed by atoms with van der Waals surface area (Å²) >= 11 is 0. The maximum Gasteiger partial charge on any atom is 0.305 e. The van der Waals surface area contributed by atoms with Crippen molar-refractivity contribution in [3.05, 3.63) is 23.8 Å². The van der Waals surface area contributed by atoms with Crippen LogP contribution >= 0.6 is 0 Å². The van der Waals surface area contributed by atoms with Gasteiger partial charge in [-0.2, -0.15) is 0 Å². The van der Waals surface area contributed by atoms with Crippen molar-refractivity contribution in [2.24, 2.45) is 11.8 Å². The molecule has 6 heteroatoms. The monoisotopic (exact) mass is 307 g/mol. The summed E-state index contributed by atoms with van der Waals surface area (Å²) in [7, 11) is 3.04. The number of benzene rings is 1. The lowest BCUT2D eigenvalue weighted by atomic mass is 10.0. The highest BCUT2D eigenvalue weighted by Crippen LogP contribution is 2.38. The Morgan fingerprint density at radius 2 is 1.95 bits per heavy atom. The van der Waals surface area contributed by atoms with Crippen molar-refractivity contribution in [2.45, 2.75) is 25.8 Å². The summed E-state index contributed by atoms with van der Waals surface area (Å²) in [5, 5.41) is 11.9. The van der Waals surface area contributed by atoms with Crippen LogP contribution in [0.5, 0.6) is 11.5 Å². The highest BCUT2D eigenvalue weighted by Gasteiger charge is 2.40. The molecule has 0 spiro atoms. The van der Waals surface area contributed by atoms with Gasteiger partial charge in [-0.15, -0.1) is 0 Å². The van der Waals surface area contributed by atoms with E-state index in [2.05, 4.69) is 5.32 Å². The van der Waals surface area contributed by atoms with Crippen molar-refractivity contribution < 1.29 is 24.2 Å². The fraction of sp³-hybridized carbons (Fsp3) is 0.500. The molecule has 6 nitrogen and oxygen atoms in total. The summed E-state index contributed by atoms with van der Waals surface area (Å²) in [6.45, 7) is 2.01. The van der Waals surface area contributed by atoms with Crippen LogP contribution < -0.4 is 14.8 Å². The Kier molecular flexibility index (Phi) is 4.90. The molecule has 1 saturated carbocycles. The number of amides is 1. The number of methoxy groups -OCH3 is 2. The standard InChI is InChI=1S/C16H21NO5/c1-9-6-11(9)16(20)17-12(8-15(18)19)10-4-5-13(21-2)14(7-10)22-3/h4-5,7,9,11-12H,6,8H2,1-3H3,(H,17,20)(H,18,19)/t9-,11+,12+/m1/s1. The predicted octanol–water partition coefficient (Wildman–Crippen LogP) is 1.99. The number of carboxylic acids is 1. The summed E-state index contributed by atoms with van der Waals surface area (Å²) in [5.74, 6) is 0.372. The van der Waals surface area contributed by atoms with Crippen molar-refractivity contribution in [1.29, 1.82) is 0 Å². The number of hydrogen-bond donors (Lipinski definition) is 2. The molecule has 1 aromatic rings. The number of carbonyl (C=O) groups excluding carboxylic acids is 1. The van der Waals surface area contributed by atoms with E-state index in [4.69, 9.17) is 14.6 Å². The molecule has 0 aromatic heterocycles. The van der Waals surface area contributed by atoms with E-state index in [-0.39, 0.29) is 18.2 Å². The molecule has 1 aliphatic carbocycles. The molecular formula is C16H21NO5. The van der Waals surface area contributed by atoms with Gasteiger partial charge in [0.05, 0.1) is 26.7 Å². The van der Waals surface area contributed by atoms with E-state index in [1.54, 1.807) is 18.2 Å². The van der Waals surface area contributed by atoms with E-state index in [1.165, 1.54) is 14.2 Å². The number of ether oxygens (including phenoxy) is 2. The van der Waals surface area contributed by atoms with Crippen LogP contribution in [0.4, 0.5) is 0 Å². The van der Waals surface area contributed by atoms with E-state index < -0.39 is 12.0 Å². The van der Waals surface area contributed by atoms with Crippen molar-refractivity contribution in [3.63, 3.8) is 0 Å². The second-order valence-electron chi connectivity index (χ2n) is 5.59. The minimum Gasteiger partial charge on any atom is -0.493 e. The topological polar surface area (TPSA) is 84.9 Å². The Balaban J connectivity index is 2.20. The lowest BCUT2D eigenvalue weighted by Gasteiger charge is -2.19. The summed E-state index contributed by atoms with van der Waals surface area (Å²) in [6.07, 6.45) is 0.680. The zero-order valence-corrected chi connectivity index (χ0v) is 13.0. The van der Waals surface area contributed by atoms with Crippen LogP contribution in [-0.4, -0.2) is 31.2 Å². The van der Waals surface area contributed by atoms with Gasteiger partial charge in [-0.3, -0.25) is 9.59 Å². The lowest BCUT2D eigenvalue weighted by molar-refractivity contribution is -0.137. The van der Waals surface area contributed by atoms with Crippen LogP contribution in [0.15, 0.2) is 18.2 Å². The Hall–Kier alpha value is -2.24. The quantitative estimate of drug-likeness (QED) is 0.804. The first-order valence-corrected chi connectivity index (χ1v) is 7.20. The van der Waals surface area contributed by atoms with E-state index in [9.17, 15) is 9.59 Å². The Morgan fingerprint density at radius 3 is 2.45 bits per heavy atom. The molecule has 1 fully saturated rings. The van der Waals surface area contributed by atoms with Crippen LogP contribution in [-0.2, 0) is 9.59 Å². The second kappa shape index (κ2) is 6.68. The maximum atomic E-state index is 12.1. The van der Waals surface area contributed by atoms with E-state index in [0.29, 0.717) is 23.0 Å². The van der Waals surface area contributed by atoms with Gasteiger partial charge < -0.3 is 19.9 Å². The molecule has 1 amide bonds. The van der Waals surface area contributed by atoms with Crippen LogP contribution in [0.2, 0.25) is 0 Å². The molecule has 0 radical (unpaired) electrons. The molecular weight excluding hydrogens is 286 g/mol. The first-order chi connectivity index (χ1) is 10.5. The van der Waals surface area contributed by atoms with Crippen LogP contribution in [0.25, 0.3) is 0 Å². The molecule has 3 atom stereocenters. The zero-order valence-electron chi connectivity index (χ0n) is 13.0. The summed E-state index contributed by atoms with van der Waals surface area (Å²) in [6, 6.07) is 4.56. The summed E-state index contributed by atoms with van der Waals surface area (Å²) in [5.41, 5.74) is 0.682. The van der Waals surface area contributed by atoms with Gasteiger partial charge in [-0.25, -0.2) is 0 Å². The predicted molar refractivity (Wildman–Crippen MR) is 80.0 cm³/mol. The van der Waals surface area contributed by atoms with Crippen molar-refractivity contribution in [3.8, 4) is 11.5 Å². The van der Waals surface area contributed by atoms with Gasteiger partial charge in [0.2, 0.25) is 5.91 Å². The Bertz CT molecular complexity index is 572. The Labute approximate surface area is 129 Å². The fourth-order valence-electron chi connectivity index (χ4n) is 2.46. The number of carboxylic acid groups (broad SMARTS) is 1. The number of carbonyl (C=O) groups is 2. The van der Waals surface area contributed by atoms with Gasteiger partial charge in [0.15, 0.2) is 11.5 Å². The molecule has 0 saturated heterocycles. The minimum atomic E-state index is -0.969. The van der Waals surface area contributed by atoms with Gasteiger partial charge in [0.25, 0.3) is 0 Å². The molecule has 2 rings (SSSR count). The van der Waals surface area contributed by atoms with Crippen molar-refractivity contribution in [2.75, 3.05) is 14.2 Å². The highest BCUT2D eigenvalue weighted by molar-refractivity contribution is 5.82. The molecule has 0 bridgehead atoms. The number of hydrogen-bond acceptors (Lipinski definition) is 4. The van der Waals surface area contributed by atoms with E-state index >= 15 is 0 Å². The molecule has 1 aromatic carbocycles. The molecule has 120 valence electrons. The first-order valence-electron chi connectivity index (χ1n) is 7.20. The van der Waals surface area contributed by atoms with Crippen LogP contribution in [0, 0.1) is 11.8 Å². The van der Waals surface area contributed by atoms with Gasteiger partial charge >= 0.3 is 5.97 Å². The van der Waals surface area contributed by atoms with E-state index in [1.807, 2.05) is 6.92 Å². The highest BCUT2D eigenvalue weighted by atomic mass is 16.5. The zero-order chi connectivity index (χ0) is 16.3. The first kappa shape index (κ1) is 16.1. The molecule has 22 heavy (non-hydrogen) atoms. The van der Waals surface area contributed by atoms with Gasteiger partial charge in [0.1, 0.15) is 0 Å². The maximum absolute atomic E-state index is 12.1. The molecule has 2 N–H and O–H groups in total. The normalized spacial score (nSPS) is 20.9. The Morgan fingerprint density at radius 1 is 1.32 bits per heavy atom. The van der Waals surface area contributed by atoms with Crippen LogP contribution in [0.3, 0.4) is 0 Å². The fourth-order valence-corrected chi connectivity index (χ4v) is 2.46. The molecule has 0 heterocycles. The third kappa shape index (κ3) is 3.69. The third-order valence-electron chi connectivity index (χ3n) is 3.95. The number of rotatable bonds is 7.